The minimum absolute atomic E-state index is 0.0547. The third-order valence-corrected chi connectivity index (χ3v) is 2.30. The van der Waals surface area contributed by atoms with Gasteiger partial charge in [-0.25, -0.2) is 0 Å². The van der Waals surface area contributed by atoms with Crippen molar-refractivity contribution in [3.8, 4) is 17.1 Å². The molecule has 1 aromatic carbocycles. The number of benzene rings is 1. The Labute approximate surface area is 107 Å². The Bertz CT molecular complexity index is 625. The Morgan fingerprint density at radius 3 is 2.37 bits per heavy atom. The molecule has 0 aliphatic rings. The normalized spacial score (nSPS) is 10.2. The summed E-state index contributed by atoms with van der Waals surface area (Å²) >= 11 is 0. The number of methoxy groups -OCH3 is 1. The van der Waals surface area contributed by atoms with Crippen molar-refractivity contribution in [2.75, 3.05) is 18.6 Å². The number of nitro benzene ring substituents is 1. The van der Waals surface area contributed by atoms with Gasteiger partial charge in [-0.15, -0.1) is 0 Å². The van der Waals surface area contributed by atoms with E-state index in [0.717, 1.165) is 0 Å². The highest BCUT2D eigenvalue weighted by Crippen LogP contribution is 2.31. The minimum atomic E-state index is -0.559. The van der Waals surface area contributed by atoms with E-state index in [4.69, 9.17) is 16.2 Å². The molecule has 2 aromatic rings. The Morgan fingerprint density at radius 1 is 1.21 bits per heavy atom. The fraction of sp³-hybridized carbons (Fsp3) is 0.100. The van der Waals surface area contributed by atoms with E-state index in [1.54, 1.807) is 6.07 Å². The van der Waals surface area contributed by atoms with E-state index in [1.165, 1.54) is 19.2 Å². The van der Waals surface area contributed by atoms with Gasteiger partial charge in [0.15, 0.2) is 11.6 Å². The standard InChI is InChI=1S/C10H10N6O3/c1-19-7-3-2-5(4-6(7)16(17)18)8-13-9(11)15-10(12)14-8/h2-4H,1H3,(H4,11,12,13,14,15). The maximum atomic E-state index is 10.9. The first kappa shape index (κ1) is 12.5. The lowest BCUT2D eigenvalue weighted by atomic mass is 10.2. The molecule has 1 aromatic heterocycles. The van der Waals surface area contributed by atoms with Crippen LogP contribution in [0.1, 0.15) is 0 Å². The van der Waals surface area contributed by atoms with E-state index >= 15 is 0 Å². The summed E-state index contributed by atoms with van der Waals surface area (Å²) in [4.78, 5) is 21.7. The van der Waals surface area contributed by atoms with Crippen molar-refractivity contribution in [2.24, 2.45) is 0 Å². The minimum Gasteiger partial charge on any atom is -0.490 e. The van der Waals surface area contributed by atoms with Gasteiger partial charge in [-0.2, -0.15) is 15.0 Å². The van der Waals surface area contributed by atoms with Crippen molar-refractivity contribution >= 4 is 17.6 Å². The van der Waals surface area contributed by atoms with E-state index in [0.29, 0.717) is 5.56 Å². The highest BCUT2D eigenvalue weighted by molar-refractivity contribution is 5.64. The van der Waals surface area contributed by atoms with Gasteiger partial charge >= 0.3 is 5.69 Å². The quantitative estimate of drug-likeness (QED) is 0.605. The van der Waals surface area contributed by atoms with Crippen LogP contribution in [0.4, 0.5) is 17.6 Å². The van der Waals surface area contributed by atoms with Crippen molar-refractivity contribution in [1.82, 2.24) is 15.0 Å². The summed E-state index contributed by atoms with van der Waals surface area (Å²) < 4.78 is 4.90. The molecule has 0 radical (unpaired) electrons. The van der Waals surface area contributed by atoms with Gasteiger partial charge in [-0.3, -0.25) is 10.1 Å². The number of anilines is 2. The first-order valence-electron chi connectivity index (χ1n) is 5.11. The van der Waals surface area contributed by atoms with Crippen LogP contribution in [-0.2, 0) is 0 Å². The van der Waals surface area contributed by atoms with E-state index in [9.17, 15) is 10.1 Å². The van der Waals surface area contributed by atoms with Gasteiger partial charge in [0.05, 0.1) is 12.0 Å². The van der Waals surface area contributed by atoms with Gasteiger partial charge in [-0.1, -0.05) is 0 Å². The zero-order valence-electron chi connectivity index (χ0n) is 9.90. The van der Waals surface area contributed by atoms with Crippen LogP contribution in [0.2, 0.25) is 0 Å². The van der Waals surface area contributed by atoms with Gasteiger partial charge < -0.3 is 16.2 Å². The third-order valence-electron chi connectivity index (χ3n) is 2.30. The van der Waals surface area contributed by atoms with Crippen molar-refractivity contribution < 1.29 is 9.66 Å². The SMILES string of the molecule is COc1ccc(-c2nc(N)nc(N)n2)cc1[N+](=O)[O-]. The maximum Gasteiger partial charge on any atom is 0.311 e. The second-order valence-electron chi connectivity index (χ2n) is 3.52. The number of nitro groups is 1. The van der Waals surface area contributed by atoms with Gasteiger partial charge in [0, 0.05) is 11.6 Å². The summed E-state index contributed by atoms with van der Waals surface area (Å²) in [6.45, 7) is 0. The molecule has 1 heterocycles. The molecule has 0 saturated carbocycles. The van der Waals surface area contributed by atoms with Crippen LogP contribution in [0.3, 0.4) is 0 Å². The zero-order valence-corrected chi connectivity index (χ0v) is 9.90. The molecule has 4 N–H and O–H groups in total. The van der Waals surface area contributed by atoms with Crippen molar-refractivity contribution in [3.63, 3.8) is 0 Å². The number of rotatable bonds is 3. The Balaban J connectivity index is 2.57. The number of nitrogens with two attached hydrogens (primary N) is 2. The van der Waals surface area contributed by atoms with Crippen LogP contribution in [0.25, 0.3) is 11.4 Å². The first-order valence-corrected chi connectivity index (χ1v) is 5.11. The van der Waals surface area contributed by atoms with Crippen LogP contribution < -0.4 is 16.2 Å². The number of nitrogens with zero attached hydrogens (tertiary/aromatic N) is 4. The molecule has 2 rings (SSSR count). The van der Waals surface area contributed by atoms with E-state index < -0.39 is 4.92 Å². The van der Waals surface area contributed by atoms with Gasteiger partial charge in [0.25, 0.3) is 0 Å². The van der Waals surface area contributed by atoms with Gasteiger partial charge in [-0.05, 0) is 12.1 Å². The Kier molecular flexibility index (Phi) is 3.10. The van der Waals surface area contributed by atoms with Crippen molar-refractivity contribution in [1.29, 1.82) is 0 Å². The zero-order chi connectivity index (χ0) is 14.0. The predicted octanol–water partition coefficient (Wildman–Crippen LogP) is 0.620. The Morgan fingerprint density at radius 2 is 1.84 bits per heavy atom. The third kappa shape index (κ3) is 2.49. The monoisotopic (exact) mass is 262 g/mol. The molecule has 0 atom stereocenters. The van der Waals surface area contributed by atoms with Crippen LogP contribution in [0, 0.1) is 10.1 Å². The Hall–Kier alpha value is -2.97. The second kappa shape index (κ2) is 4.72. The van der Waals surface area contributed by atoms with Crippen molar-refractivity contribution in [3.05, 3.63) is 28.3 Å². The maximum absolute atomic E-state index is 10.9. The molecule has 0 spiro atoms. The summed E-state index contributed by atoms with van der Waals surface area (Å²) in [5.74, 6) is 0.196. The van der Waals surface area contributed by atoms with Gasteiger partial charge in [0.2, 0.25) is 11.9 Å². The molecular formula is C10H10N6O3. The van der Waals surface area contributed by atoms with E-state index in [-0.39, 0.29) is 29.2 Å². The number of nitrogen functional groups attached to an aromatic ring is 2. The highest BCUT2D eigenvalue weighted by Gasteiger charge is 2.17. The summed E-state index contributed by atoms with van der Waals surface area (Å²) in [5.41, 5.74) is 11.1. The molecule has 0 saturated heterocycles. The molecule has 9 heteroatoms. The van der Waals surface area contributed by atoms with Crippen LogP contribution in [0.15, 0.2) is 18.2 Å². The largest absolute Gasteiger partial charge is 0.490 e. The second-order valence-corrected chi connectivity index (χ2v) is 3.52. The fourth-order valence-electron chi connectivity index (χ4n) is 1.51. The topological polar surface area (TPSA) is 143 Å². The molecule has 0 aliphatic heterocycles. The summed E-state index contributed by atoms with van der Waals surface area (Å²) in [7, 11) is 1.35. The lowest BCUT2D eigenvalue weighted by Crippen LogP contribution is -2.04. The van der Waals surface area contributed by atoms with Crippen molar-refractivity contribution in [2.45, 2.75) is 0 Å². The number of aromatic nitrogens is 3. The van der Waals surface area contributed by atoms with E-state index in [2.05, 4.69) is 15.0 Å². The average molecular weight is 262 g/mol. The average Bonchev–Trinajstić information content (AvgIpc) is 2.36. The van der Waals surface area contributed by atoms with Crippen LogP contribution in [-0.4, -0.2) is 27.0 Å². The molecule has 19 heavy (non-hydrogen) atoms. The molecular weight excluding hydrogens is 252 g/mol. The first-order chi connectivity index (χ1) is 9.01. The summed E-state index contributed by atoms with van der Waals surface area (Å²) in [5, 5.41) is 10.9. The molecule has 0 amide bonds. The molecule has 0 unspecified atom stereocenters. The lowest BCUT2D eigenvalue weighted by Gasteiger charge is -2.05. The number of ether oxygens (including phenoxy) is 1. The highest BCUT2D eigenvalue weighted by atomic mass is 16.6. The van der Waals surface area contributed by atoms with E-state index in [1.807, 2.05) is 0 Å². The molecule has 0 bridgehead atoms. The number of hydrogen-bond acceptors (Lipinski definition) is 8. The fourth-order valence-corrected chi connectivity index (χ4v) is 1.51. The van der Waals surface area contributed by atoms with Gasteiger partial charge in [0.1, 0.15) is 0 Å². The molecule has 9 nitrogen and oxygen atoms in total. The smallest absolute Gasteiger partial charge is 0.311 e. The molecule has 98 valence electrons. The molecule has 0 fully saturated rings. The molecule has 0 aliphatic carbocycles. The predicted molar refractivity (Wildman–Crippen MR) is 67.3 cm³/mol. The van der Waals surface area contributed by atoms with Crippen LogP contribution in [0.5, 0.6) is 5.75 Å². The van der Waals surface area contributed by atoms with Crippen LogP contribution >= 0.6 is 0 Å². The summed E-state index contributed by atoms with van der Waals surface area (Å²) in [6, 6.07) is 4.30. The summed E-state index contributed by atoms with van der Waals surface area (Å²) in [6.07, 6.45) is 0. The lowest BCUT2D eigenvalue weighted by molar-refractivity contribution is -0.385. The number of hydrogen-bond donors (Lipinski definition) is 2.